The Labute approximate surface area is 113 Å². The van der Waals surface area contributed by atoms with Gasteiger partial charge in [0.15, 0.2) is 0 Å². The van der Waals surface area contributed by atoms with Crippen molar-refractivity contribution in [1.29, 1.82) is 0 Å². The van der Waals surface area contributed by atoms with Crippen LogP contribution in [-0.4, -0.2) is 53.1 Å². The molecule has 0 aromatic carbocycles. The summed E-state index contributed by atoms with van der Waals surface area (Å²) in [4.78, 5) is 8.89. The fraction of sp³-hybridized carbons (Fsp3) is 0.600. The Kier molecular flexibility index (Phi) is 4.26. The van der Waals surface area contributed by atoms with Crippen LogP contribution in [0, 0.1) is 0 Å². The minimum atomic E-state index is -4.62. The van der Waals surface area contributed by atoms with Crippen LogP contribution in [0.2, 0.25) is 0 Å². The van der Waals surface area contributed by atoms with E-state index in [-0.39, 0.29) is 11.6 Å². The third-order valence-electron chi connectivity index (χ3n) is 2.90. The number of hydrogen-bond acceptors (Lipinski definition) is 7. The summed E-state index contributed by atoms with van der Waals surface area (Å²) in [6.45, 7) is 3.03. The van der Waals surface area contributed by atoms with Gasteiger partial charge in [-0.1, -0.05) is 0 Å². The van der Waals surface area contributed by atoms with Crippen LogP contribution in [0.5, 0.6) is 0 Å². The molecule has 0 saturated carbocycles. The number of hydrazine groups is 2. The van der Waals surface area contributed by atoms with E-state index < -0.39 is 12.0 Å². The van der Waals surface area contributed by atoms with Gasteiger partial charge in [0.1, 0.15) is 11.6 Å². The molecule has 2 heterocycles. The monoisotopic (exact) mass is 291 g/mol. The van der Waals surface area contributed by atoms with Crippen molar-refractivity contribution in [3.05, 3.63) is 11.9 Å². The number of alkyl halides is 3. The molecule has 1 aliphatic heterocycles. The van der Waals surface area contributed by atoms with E-state index in [0.29, 0.717) is 13.1 Å². The number of hydrogen-bond donors (Lipinski definition) is 3. The summed E-state index contributed by atoms with van der Waals surface area (Å²) in [5.74, 6) is 3.86. The number of nitrogens with two attached hydrogens (primary N) is 1. The zero-order valence-corrected chi connectivity index (χ0v) is 10.9. The van der Waals surface area contributed by atoms with E-state index in [1.807, 2.05) is 12.1 Å². The Balaban J connectivity index is 2.14. The highest BCUT2D eigenvalue weighted by Gasteiger charge is 2.35. The summed E-state index contributed by atoms with van der Waals surface area (Å²) >= 11 is 0. The number of nitrogens with zero attached hydrogens (tertiary/aromatic N) is 4. The van der Waals surface area contributed by atoms with Crippen molar-refractivity contribution in [2.45, 2.75) is 6.18 Å². The third kappa shape index (κ3) is 3.68. The average Bonchev–Trinajstić information content (AvgIpc) is 2.40. The van der Waals surface area contributed by atoms with Crippen LogP contribution in [0.3, 0.4) is 0 Å². The number of nitrogens with one attached hydrogen (secondary N) is 2. The van der Waals surface area contributed by atoms with Gasteiger partial charge in [-0.25, -0.2) is 20.8 Å². The van der Waals surface area contributed by atoms with E-state index in [0.717, 1.165) is 13.1 Å². The number of piperazine rings is 1. The molecule has 1 aliphatic rings. The highest BCUT2D eigenvalue weighted by Crippen LogP contribution is 2.28. The molecule has 0 radical (unpaired) electrons. The lowest BCUT2D eigenvalue weighted by molar-refractivity contribution is -0.144. The van der Waals surface area contributed by atoms with Gasteiger partial charge < -0.3 is 15.8 Å². The van der Waals surface area contributed by atoms with Crippen molar-refractivity contribution in [2.24, 2.45) is 5.84 Å². The molecule has 1 saturated heterocycles. The maximum atomic E-state index is 12.7. The fourth-order valence-corrected chi connectivity index (χ4v) is 1.79. The molecule has 0 unspecified atom stereocenters. The quantitative estimate of drug-likeness (QED) is 0.548. The van der Waals surface area contributed by atoms with Crippen LogP contribution in [-0.2, 0) is 6.18 Å². The van der Waals surface area contributed by atoms with E-state index in [9.17, 15) is 13.2 Å². The van der Waals surface area contributed by atoms with Gasteiger partial charge in [-0.05, 0) is 7.05 Å². The van der Waals surface area contributed by atoms with Crippen LogP contribution in [0.25, 0.3) is 0 Å². The second-order valence-corrected chi connectivity index (χ2v) is 4.51. The van der Waals surface area contributed by atoms with Gasteiger partial charge in [0, 0.05) is 32.2 Å². The number of nitrogen functional groups attached to an aromatic ring is 1. The smallest absolute Gasteiger partial charge is 0.308 e. The average molecular weight is 291 g/mol. The van der Waals surface area contributed by atoms with Crippen molar-refractivity contribution >= 4 is 11.6 Å². The number of aromatic nitrogens is 2. The van der Waals surface area contributed by atoms with Crippen LogP contribution < -0.4 is 16.7 Å². The van der Waals surface area contributed by atoms with Gasteiger partial charge in [-0.3, -0.25) is 0 Å². The Morgan fingerprint density at radius 1 is 1.15 bits per heavy atom. The predicted octanol–water partition coefficient (Wildman–Crippen LogP) is 0.355. The lowest BCUT2D eigenvalue weighted by Crippen LogP contribution is -2.47. The Bertz CT molecular complexity index is 457. The number of anilines is 2. The molecule has 1 fully saturated rings. The molecule has 0 aliphatic carbocycles. The minimum absolute atomic E-state index is 0.0600. The molecule has 1 aromatic rings. The Morgan fingerprint density at radius 2 is 1.75 bits per heavy atom. The van der Waals surface area contributed by atoms with E-state index in [1.54, 1.807) is 0 Å². The zero-order chi connectivity index (χ0) is 14.8. The number of likely N-dealkylation sites (N-methyl/N-ethyl adjacent to an activating group) is 1. The maximum absolute atomic E-state index is 12.7. The largest absolute Gasteiger partial charge is 0.451 e. The zero-order valence-electron chi connectivity index (χ0n) is 10.9. The topological polar surface area (TPSA) is 82.3 Å². The number of halogens is 3. The lowest BCUT2D eigenvalue weighted by atomic mass is 10.4. The minimum Gasteiger partial charge on any atom is -0.308 e. The summed E-state index contributed by atoms with van der Waals surface area (Å²) in [6, 6.07) is 1.33. The van der Waals surface area contributed by atoms with E-state index in [4.69, 9.17) is 5.84 Å². The van der Waals surface area contributed by atoms with E-state index in [1.165, 1.54) is 6.07 Å². The second-order valence-electron chi connectivity index (χ2n) is 4.51. The first-order valence-corrected chi connectivity index (χ1v) is 6.01. The molecule has 0 bridgehead atoms. The Hall–Kier alpha value is -1.65. The molecule has 4 N–H and O–H groups in total. The van der Waals surface area contributed by atoms with Gasteiger partial charge in [0.05, 0.1) is 0 Å². The summed E-state index contributed by atoms with van der Waals surface area (Å²) in [6.07, 6.45) is -4.62. The normalized spacial score (nSPS) is 18.1. The van der Waals surface area contributed by atoms with Gasteiger partial charge in [-0.2, -0.15) is 13.2 Å². The maximum Gasteiger partial charge on any atom is 0.451 e. The van der Waals surface area contributed by atoms with Crippen LogP contribution >= 0.6 is 0 Å². The van der Waals surface area contributed by atoms with Gasteiger partial charge in [0.2, 0.25) is 5.82 Å². The molecule has 1 aromatic heterocycles. The molecule has 112 valence electrons. The second kappa shape index (κ2) is 5.77. The van der Waals surface area contributed by atoms with Gasteiger partial charge in [0.25, 0.3) is 0 Å². The van der Waals surface area contributed by atoms with Gasteiger partial charge in [-0.15, -0.1) is 0 Å². The lowest BCUT2D eigenvalue weighted by Gasteiger charge is -2.32. The third-order valence-corrected chi connectivity index (χ3v) is 2.90. The molecule has 0 atom stereocenters. The molecule has 10 heteroatoms. The molecule has 20 heavy (non-hydrogen) atoms. The summed E-state index contributed by atoms with van der Waals surface area (Å²) < 4.78 is 38.0. The standard InChI is InChI=1S/C10H16F3N7/c1-19-2-4-20(5-3-19)18-8-6-7(17-14)15-9(16-8)10(11,12)13/h6H,2-5,14H2,1H3,(H2,15,16,17,18). The fourth-order valence-electron chi connectivity index (χ4n) is 1.79. The van der Waals surface area contributed by atoms with Crippen LogP contribution in [0.15, 0.2) is 6.07 Å². The summed E-state index contributed by atoms with van der Waals surface area (Å²) in [5, 5.41) is 1.81. The summed E-state index contributed by atoms with van der Waals surface area (Å²) in [5.41, 5.74) is 4.95. The van der Waals surface area contributed by atoms with Crippen molar-refractivity contribution in [3.8, 4) is 0 Å². The van der Waals surface area contributed by atoms with E-state index in [2.05, 4.69) is 25.7 Å². The van der Waals surface area contributed by atoms with Crippen molar-refractivity contribution < 1.29 is 13.2 Å². The molecular weight excluding hydrogens is 275 g/mol. The highest BCUT2D eigenvalue weighted by atomic mass is 19.4. The van der Waals surface area contributed by atoms with Crippen LogP contribution in [0.4, 0.5) is 24.8 Å². The van der Waals surface area contributed by atoms with Crippen molar-refractivity contribution in [1.82, 2.24) is 19.9 Å². The first kappa shape index (κ1) is 14.8. The molecule has 7 nitrogen and oxygen atoms in total. The molecular formula is C10H16F3N7. The van der Waals surface area contributed by atoms with E-state index >= 15 is 0 Å². The molecule has 0 amide bonds. The summed E-state index contributed by atoms with van der Waals surface area (Å²) in [7, 11) is 1.99. The van der Waals surface area contributed by atoms with Crippen molar-refractivity contribution in [2.75, 3.05) is 44.1 Å². The molecule has 0 spiro atoms. The molecule has 2 rings (SSSR count). The van der Waals surface area contributed by atoms with Gasteiger partial charge >= 0.3 is 6.18 Å². The SMILES string of the molecule is CN1CCN(Nc2cc(NN)nc(C(F)(F)F)n2)CC1. The Morgan fingerprint density at radius 3 is 2.30 bits per heavy atom. The van der Waals surface area contributed by atoms with Crippen LogP contribution in [0.1, 0.15) is 5.82 Å². The highest BCUT2D eigenvalue weighted by molar-refractivity contribution is 5.46. The predicted molar refractivity (Wildman–Crippen MR) is 67.5 cm³/mol. The number of rotatable bonds is 3. The first-order valence-electron chi connectivity index (χ1n) is 6.01. The first-order chi connectivity index (χ1) is 9.38. The van der Waals surface area contributed by atoms with Crippen molar-refractivity contribution in [3.63, 3.8) is 0 Å².